The monoisotopic (exact) mass is 169 g/mol. The van der Waals surface area contributed by atoms with Gasteiger partial charge in [0.2, 0.25) is 0 Å². The molecule has 0 saturated carbocycles. The second-order valence-electron chi connectivity index (χ2n) is 3.74. The van der Waals surface area contributed by atoms with E-state index in [2.05, 4.69) is 5.16 Å². The molecule has 0 aliphatic rings. The molecule has 66 valence electrons. The number of hydrogen-bond donors (Lipinski definition) is 1. The molecule has 1 rings (SSSR count). The number of nitrogens with one attached hydrogen (secondary N) is 1. The van der Waals surface area contributed by atoms with Crippen LogP contribution in [-0.2, 0) is 5.41 Å². The Labute approximate surface area is 70.7 Å². The van der Waals surface area contributed by atoms with Crippen LogP contribution >= 0.6 is 0 Å². The lowest BCUT2D eigenvalue weighted by atomic mass is 9.87. The van der Waals surface area contributed by atoms with Crippen molar-refractivity contribution in [3.05, 3.63) is 17.5 Å². The summed E-state index contributed by atoms with van der Waals surface area (Å²) in [5, 5.41) is 2.46. The Morgan fingerprint density at radius 1 is 1.58 bits per heavy atom. The number of H-pyrrole nitrogens is 1. The van der Waals surface area contributed by atoms with Crippen molar-refractivity contribution in [1.29, 1.82) is 0 Å². The fraction of sp³-hybridized carbons (Fsp3) is 0.500. The molecule has 4 nitrogen and oxygen atoms in total. The number of carbonyl (C=O) groups is 1. The summed E-state index contributed by atoms with van der Waals surface area (Å²) >= 11 is 0. The molecule has 0 saturated heterocycles. The lowest BCUT2D eigenvalue weighted by molar-refractivity contribution is -0.610. The smallest absolute Gasteiger partial charge is 0.319 e. The van der Waals surface area contributed by atoms with Gasteiger partial charge in [-0.05, 0) is 10.6 Å². The minimum atomic E-state index is -0.492. The number of amides is 1. The summed E-state index contributed by atoms with van der Waals surface area (Å²) in [6, 6.07) is 0. The molecule has 1 aromatic rings. The highest BCUT2D eigenvalue weighted by Gasteiger charge is 2.29. The van der Waals surface area contributed by atoms with E-state index >= 15 is 0 Å². The molecule has 12 heavy (non-hydrogen) atoms. The van der Waals surface area contributed by atoms with Crippen LogP contribution in [0, 0.1) is 0 Å². The van der Waals surface area contributed by atoms with E-state index in [9.17, 15) is 4.79 Å². The number of primary amides is 1. The van der Waals surface area contributed by atoms with Crippen molar-refractivity contribution in [2.45, 2.75) is 26.2 Å². The average Bonchev–Trinajstić information content (AvgIpc) is 2.30. The van der Waals surface area contributed by atoms with Crippen LogP contribution in [0.5, 0.6) is 0 Å². The van der Waals surface area contributed by atoms with Gasteiger partial charge in [-0.1, -0.05) is 20.8 Å². The van der Waals surface area contributed by atoms with Crippen LogP contribution in [0.1, 0.15) is 36.8 Å². The highest BCUT2D eigenvalue weighted by atomic mass is 16.5. The topological polar surface area (TPSA) is 70.4 Å². The molecule has 0 aliphatic carbocycles. The molecule has 0 fully saturated rings. The van der Waals surface area contributed by atoms with E-state index < -0.39 is 5.91 Å². The highest BCUT2D eigenvalue weighted by molar-refractivity contribution is 5.90. The highest BCUT2D eigenvalue weighted by Crippen LogP contribution is 2.23. The first-order valence-corrected chi connectivity index (χ1v) is 3.72. The van der Waals surface area contributed by atoms with E-state index in [0.29, 0.717) is 5.69 Å². The Morgan fingerprint density at radius 2 is 2.17 bits per heavy atom. The van der Waals surface area contributed by atoms with Crippen LogP contribution in [0.25, 0.3) is 0 Å². The van der Waals surface area contributed by atoms with Gasteiger partial charge in [-0.2, -0.15) is 0 Å². The Morgan fingerprint density at radius 3 is 2.50 bits per heavy atom. The van der Waals surface area contributed by atoms with Gasteiger partial charge in [0.05, 0.1) is 5.56 Å². The van der Waals surface area contributed by atoms with Crippen LogP contribution in [0.3, 0.4) is 0 Å². The zero-order chi connectivity index (χ0) is 9.35. The van der Waals surface area contributed by atoms with Crippen molar-refractivity contribution >= 4 is 5.91 Å². The molecule has 0 aliphatic heterocycles. The summed E-state index contributed by atoms with van der Waals surface area (Å²) in [6.45, 7) is 5.95. The van der Waals surface area contributed by atoms with Gasteiger partial charge >= 0.3 is 11.6 Å². The van der Waals surface area contributed by atoms with Gasteiger partial charge in [0.1, 0.15) is 0 Å². The summed E-state index contributed by atoms with van der Waals surface area (Å²) in [6.07, 6.45) is 1.51. The van der Waals surface area contributed by atoms with Crippen molar-refractivity contribution in [3.63, 3.8) is 0 Å². The van der Waals surface area contributed by atoms with Crippen LogP contribution in [-0.4, -0.2) is 5.91 Å². The van der Waals surface area contributed by atoms with E-state index in [1.165, 1.54) is 6.26 Å². The lowest BCUT2D eigenvalue weighted by Crippen LogP contribution is -2.25. The first-order chi connectivity index (χ1) is 5.43. The number of hydrogen-bond acceptors (Lipinski definition) is 2. The Bertz CT molecular complexity index is 296. The number of nitrogens with two attached hydrogens (primary N) is 1. The molecule has 0 spiro atoms. The summed E-state index contributed by atoms with van der Waals surface area (Å²) in [5.41, 5.74) is 6.14. The average molecular weight is 169 g/mol. The van der Waals surface area contributed by atoms with Crippen LogP contribution in [0.2, 0.25) is 0 Å². The van der Waals surface area contributed by atoms with E-state index in [-0.39, 0.29) is 5.41 Å². The van der Waals surface area contributed by atoms with Crippen molar-refractivity contribution < 1.29 is 14.5 Å². The molecule has 4 heteroatoms. The van der Waals surface area contributed by atoms with Gasteiger partial charge in [0.25, 0.3) is 0 Å². The molecular weight excluding hydrogens is 156 g/mol. The molecule has 1 heterocycles. The Hall–Kier alpha value is -1.32. The standard InChI is InChI=1S/C8H12N2O2/c1-8(2,3)5-4-12-10-6(5)7(9)11/h4H,1-3H3,(H2,9,11)/p+1. The molecule has 1 amide bonds. The van der Waals surface area contributed by atoms with Gasteiger partial charge in [-0.3, -0.25) is 4.79 Å². The molecule has 0 bridgehead atoms. The maximum Gasteiger partial charge on any atom is 0.319 e. The third-order valence-corrected chi connectivity index (χ3v) is 1.66. The minimum Gasteiger partial charge on any atom is -0.360 e. The fourth-order valence-corrected chi connectivity index (χ4v) is 0.996. The minimum absolute atomic E-state index is 0.131. The number of carbonyl (C=O) groups excluding carboxylic acids is 1. The van der Waals surface area contributed by atoms with E-state index in [4.69, 9.17) is 10.3 Å². The summed E-state index contributed by atoms with van der Waals surface area (Å²) in [4.78, 5) is 10.9. The molecule has 0 aromatic carbocycles. The van der Waals surface area contributed by atoms with Crippen LogP contribution in [0.15, 0.2) is 10.8 Å². The maximum absolute atomic E-state index is 10.9. The van der Waals surface area contributed by atoms with Crippen molar-refractivity contribution in [3.8, 4) is 0 Å². The van der Waals surface area contributed by atoms with E-state index in [0.717, 1.165) is 5.56 Å². The molecule has 0 radical (unpaired) electrons. The fourth-order valence-electron chi connectivity index (χ4n) is 0.996. The summed E-state index contributed by atoms with van der Waals surface area (Å²) < 4.78 is 4.81. The molecule has 1 aromatic heterocycles. The van der Waals surface area contributed by atoms with E-state index in [1.807, 2.05) is 20.8 Å². The largest absolute Gasteiger partial charge is 0.360 e. The third-order valence-electron chi connectivity index (χ3n) is 1.66. The summed E-state index contributed by atoms with van der Waals surface area (Å²) in [7, 11) is 0. The quantitative estimate of drug-likeness (QED) is 0.664. The first kappa shape index (κ1) is 8.77. The maximum atomic E-state index is 10.9. The predicted octanol–water partition coefficient (Wildman–Crippen LogP) is 0.490. The SMILES string of the molecule is CC(C)(C)c1co[nH+]c1C(N)=O. The Balaban J connectivity index is 3.17. The van der Waals surface area contributed by atoms with Crippen molar-refractivity contribution in [2.75, 3.05) is 0 Å². The lowest BCUT2D eigenvalue weighted by Gasteiger charge is -2.13. The van der Waals surface area contributed by atoms with Gasteiger partial charge in [-0.25, -0.2) is 4.52 Å². The second-order valence-corrected chi connectivity index (χ2v) is 3.74. The van der Waals surface area contributed by atoms with Gasteiger partial charge < -0.3 is 5.73 Å². The zero-order valence-electron chi connectivity index (χ0n) is 7.47. The molecule has 0 unspecified atom stereocenters. The number of aromatic nitrogens is 1. The molecule has 3 N–H and O–H groups in total. The van der Waals surface area contributed by atoms with Crippen LogP contribution < -0.4 is 10.9 Å². The predicted molar refractivity (Wildman–Crippen MR) is 42.5 cm³/mol. The third kappa shape index (κ3) is 1.47. The number of rotatable bonds is 1. The van der Waals surface area contributed by atoms with Crippen molar-refractivity contribution in [2.24, 2.45) is 5.73 Å². The molecule has 0 atom stereocenters. The van der Waals surface area contributed by atoms with Gasteiger partial charge in [0.15, 0.2) is 6.26 Å². The van der Waals surface area contributed by atoms with Gasteiger partial charge in [0, 0.05) is 0 Å². The second kappa shape index (κ2) is 2.62. The van der Waals surface area contributed by atoms with Crippen LogP contribution in [0.4, 0.5) is 0 Å². The van der Waals surface area contributed by atoms with Crippen molar-refractivity contribution in [1.82, 2.24) is 0 Å². The molecular formula is C8H13N2O2+. The zero-order valence-corrected chi connectivity index (χ0v) is 7.47. The van der Waals surface area contributed by atoms with Gasteiger partial charge in [-0.15, -0.1) is 0 Å². The number of aromatic amines is 1. The van der Waals surface area contributed by atoms with E-state index in [1.54, 1.807) is 0 Å². The summed E-state index contributed by atoms with van der Waals surface area (Å²) in [5.74, 6) is -0.492. The normalized spacial score (nSPS) is 11.6. The first-order valence-electron chi connectivity index (χ1n) is 3.72. The Kier molecular flexibility index (Phi) is 1.92.